The summed E-state index contributed by atoms with van der Waals surface area (Å²) in [6.07, 6.45) is 6.94. The largest absolute Gasteiger partial charge is 0.512 e. The van der Waals surface area contributed by atoms with Crippen LogP contribution in [-0.2, 0) is 30.3 Å². The van der Waals surface area contributed by atoms with Crippen LogP contribution in [0.15, 0.2) is 72.6 Å². The van der Waals surface area contributed by atoms with Crippen molar-refractivity contribution in [2.24, 2.45) is 11.8 Å². The summed E-state index contributed by atoms with van der Waals surface area (Å²) in [5.74, 6) is 1.55. The molecule has 0 atom stereocenters. The average Bonchev–Trinajstić information content (AvgIpc) is 3.53. The molecule has 0 saturated heterocycles. The van der Waals surface area contributed by atoms with Gasteiger partial charge in [-0.3, -0.25) is 4.79 Å². The van der Waals surface area contributed by atoms with E-state index in [-0.39, 0.29) is 48.9 Å². The van der Waals surface area contributed by atoms with Crippen LogP contribution in [0.4, 0.5) is 0 Å². The van der Waals surface area contributed by atoms with Gasteiger partial charge in [0, 0.05) is 38.0 Å². The van der Waals surface area contributed by atoms with Crippen molar-refractivity contribution in [3.8, 4) is 11.4 Å². The topological polar surface area (TPSA) is 54.6 Å². The van der Waals surface area contributed by atoms with Gasteiger partial charge in [0.05, 0.1) is 5.76 Å². The van der Waals surface area contributed by atoms with E-state index < -0.39 is 0 Å². The third kappa shape index (κ3) is 7.34. The zero-order valence-electron chi connectivity index (χ0n) is 25.8. The molecule has 1 N–H and O–H groups in total. The molecule has 3 aromatic carbocycles. The molecule has 0 bridgehead atoms. The van der Waals surface area contributed by atoms with Crippen molar-refractivity contribution >= 4 is 45.2 Å². The Bertz CT molecular complexity index is 1670. The van der Waals surface area contributed by atoms with E-state index in [4.69, 9.17) is 4.98 Å². The number of fused-ring (bicyclic) bond motifs is 4. The summed E-state index contributed by atoms with van der Waals surface area (Å²) >= 11 is 0.325. The second kappa shape index (κ2) is 14.8. The molecule has 0 aliphatic carbocycles. The predicted molar refractivity (Wildman–Crippen MR) is 174 cm³/mol. The van der Waals surface area contributed by atoms with Crippen LogP contribution < -0.4 is 0 Å². The number of rotatable bonds is 8. The van der Waals surface area contributed by atoms with Gasteiger partial charge in [0.25, 0.3) is 0 Å². The summed E-state index contributed by atoms with van der Waals surface area (Å²) in [5, 5.41) is 12.2. The van der Waals surface area contributed by atoms with Crippen molar-refractivity contribution < 1.29 is 30.0 Å². The maximum atomic E-state index is 11.7. The van der Waals surface area contributed by atoms with Crippen molar-refractivity contribution in [3.63, 3.8) is 0 Å². The van der Waals surface area contributed by atoms with Gasteiger partial charge in [-0.25, -0.2) is 0 Å². The van der Waals surface area contributed by atoms with E-state index in [1.807, 2.05) is 33.9 Å². The quantitative estimate of drug-likeness (QED) is 0.0737. The fourth-order valence-electron chi connectivity index (χ4n) is 5.42. The summed E-state index contributed by atoms with van der Waals surface area (Å²) < 4.78 is 5.06. The normalized spacial score (nSPS) is 12.2. The summed E-state index contributed by atoms with van der Waals surface area (Å²) in [7, 11) is 0. The summed E-state index contributed by atoms with van der Waals surface area (Å²) in [6.45, 7) is 14.9. The van der Waals surface area contributed by atoms with E-state index in [2.05, 4.69) is 85.8 Å². The number of hydrogen-bond donors (Lipinski definition) is 1. The number of benzene rings is 3. The molecule has 1 radical (unpaired) electrons. The molecule has 0 aliphatic rings. The van der Waals surface area contributed by atoms with E-state index in [0.29, 0.717) is 14.5 Å². The standard InChI is InChI=1S/C23H19N2Se.C13H24O2.Ir/c1-23(2,3)18-13-16(12-15-8-4-5-9-17(15)18)22-24-14-21-25(22)19-10-6-7-11-20(19)26-21;1-5-10(6-2)12(14)9-13(15)11(7-3)8-4;/h4-11,13-14H,1-3H3;9-11,14H,5-8H2,1-4H3;/q-1;;/b;12-9-;. The van der Waals surface area contributed by atoms with E-state index in [1.165, 1.54) is 31.2 Å². The van der Waals surface area contributed by atoms with Crippen molar-refractivity contribution in [1.82, 2.24) is 9.38 Å². The van der Waals surface area contributed by atoms with Crippen LogP contribution in [-0.4, -0.2) is 34.8 Å². The van der Waals surface area contributed by atoms with Crippen molar-refractivity contribution in [1.29, 1.82) is 0 Å². The smallest absolute Gasteiger partial charge is 0.162 e. The number of aliphatic hydroxyl groups is 1. The van der Waals surface area contributed by atoms with E-state index >= 15 is 0 Å². The van der Waals surface area contributed by atoms with Crippen LogP contribution in [0.2, 0.25) is 0 Å². The molecule has 4 nitrogen and oxygen atoms in total. The number of ketones is 1. The van der Waals surface area contributed by atoms with Crippen LogP contribution in [0.3, 0.4) is 0 Å². The Morgan fingerprint density at radius 1 is 0.976 bits per heavy atom. The Balaban J connectivity index is 0.000000263. The molecule has 6 heteroatoms. The number of carbonyl (C=O) groups excluding carboxylic acids is 1. The van der Waals surface area contributed by atoms with Gasteiger partial charge in [0.2, 0.25) is 0 Å². The van der Waals surface area contributed by atoms with Crippen LogP contribution >= 0.6 is 0 Å². The summed E-state index contributed by atoms with van der Waals surface area (Å²) in [5.41, 5.74) is 3.75. The molecule has 42 heavy (non-hydrogen) atoms. The van der Waals surface area contributed by atoms with Gasteiger partial charge in [0.15, 0.2) is 5.78 Å². The second-order valence-corrected chi connectivity index (χ2v) is 13.9. The molecule has 0 unspecified atom stereocenters. The third-order valence-electron chi connectivity index (χ3n) is 7.96. The first kappa shape index (κ1) is 34.0. The van der Waals surface area contributed by atoms with Crippen LogP contribution in [0.25, 0.3) is 36.3 Å². The minimum absolute atomic E-state index is 0. The van der Waals surface area contributed by atoms with Gasteiger partial charge in [-0.1, -0.05) is 27.7 Å². The maximum absolute atomic E-state index is 11.7. The average molecular weight is 807 g/mol. The number of aromatic nitrogens is 2. The first-order chi connectivity index (χ1) is 19.6. The molecule has 2 aromatic heterocycles. The number of hydrogen-bond acceptors (Lipinski definition) is 3. The Morgan fingerprint density at radius 2 is 1.60 bits per heavy atom. The zero-order valence-corrected chi connectivity index (χ0v) is 29.9. The number of carbonyl (C=O) groups is 1. The second-order valence-electron chi connectivity index (χ2n) is 11.7. The SMILES string of the molecule is CC(C)(C)c1cc(-c2ncc3[se]c4ccccc4n23)[c-]c2ccccc12.CCC(CC)C(=O)/C=C(\O)C(CC)CC.[Ir]. The fraction of sp³-hybridized carbons (Fsp3) is 0.389. The van der Waals surface area contributed by atoms with Gasteiger partial charge in [0.1, 0.15) is 0 Å². The van der Waals surface area contributed by atoms with Gasteiger partial charge in [-0.05, 0) is 25.7 Å². The molecule has 0 saturated carbocycles. The molecule has 0 aliphatic heterocycles. The molecule has 0 amide bonds. The minimum Gasteiger partial charge on any atom is -0.512 e. The molecule has 2 heterocycles. The number of para-hydroxylation sites is 1. The Kier molecular flexibility index (Phi) is 12.0. The molecule has 5 aromatic rings. The number of imidazole rings is 1. The van der Waals surface area contributed by atoms with Gasteiger partial charge >= 0.3 is 159 Å². The number of aliphatic hydroxyl groups excluding tert-OH is 1. The number of allylic oxidation sites excluding steroid dienone is 2. The minimum atomic E-state index is 0. The molecule has 0 fully saturated rings. The Morgan fingerprint density at radius 3 is 2.24 bits per heavy atom. The van der Waals surface area contributed by atoms with Gasteiger partial charge in [-0.15, -0.1) is 0 Å². The molecule has 0 spiro atoms. The van der Waals surface area contributed by atoms with E-state index in [0.717, 1.165) is 42.5 Å². The fourth-order valence-corrected chi connectivity index (χ4v) is 7.56. The van der Waals surface area contributed by atoms with Crippen molar-refractivity contribution in [2.45, 2.75) is 79.6 Å². The third-order valence-corrected chi connectivity index (χ3v) is 10.2. The van der Waals surface area contributed by atoms with Crippen molar-refractivity contribution in [3.05, 3.63) is 84.3 Å². The maximum Gasteiger partial charge on any atom is 0.162 e. The monoisotopic (exact) mass is 808 g/mol. The van der Waals surface area contributed by atoms with E-state index in [1.54, 1.807) is 0 Å². The molecular weight excluding hydrogens is 764 g/mol. The van der Waals surface area contributed by atoms with Gasteiger partial charge in [-0.2, -0.15) is 0 Å². The van der Waals surface area contributed by atoms with Crippen LogP contribution in [0, 0.1) is 17.9 Å². The summed E-state index contributed by atoms with van der Waals surface area (Å²) in [6, 6.07) is 23.1. The van der Waals surface area contributed by atoms with Gasteiger partial charge < -0.3 is 5.11 Å². The molecule has 5 rings (SSSR count). The molecular formula is C36H43IrN2O2Se-. The zero-order chi connectivity index (χ0) is 29.7. The molecule has 225 valence electrons. The first-order valence-electron chi connectivity index (χ1n) is 14.9. The Labute approximate surface area is 270 Å². The summed E-state index contributed by atoms with van der Waals surface area (Å²) in [4.78, 5) is 16.5. The predicted octanol–water partition coefficient (Wildman–Crippen LogP) is 9.33. The van der Waals surface area contributed by atoms with Crippen LogP contribution in [0.1, 0.15) is 79.7 Å². The van der Waals surface area contributed by atoms with Crippen LogP contribution in [0.5, 0.6) is 0 Å². The van der Waals surface area contributed by atoms with Crippen molar-refractivity contribution in [2.75, 3.05) is 0 Å². The van der Waals surface area contributed by atoms with E-state index in [9.17, 15) is 9.90 Å². The Hall–Kier alpha value is -2.49. The first-order valence-corrected chi connectivity index (χ1v) is 16.6. The number of nitrogens with zero attached hydrogens (tertiary/aromatic N) is 2.